The van der Waals surface area contributed by atoms with E-state index in [1.165, 1.54) is 6.33 Å². The molecule has 0 atom stereocenters. The molecule has 0 bridgehead atoms. The van der Waals surface area contributed by atoms with Crippen molar-refractivity contribution < 1.29 is 4.92 Å². The van der Waals surface area contributed by atoms with E-state index in [0.717, 1.165) is 5.56 Å². The number of nitrogens with one attached hydrogen (secondary N) is 2. The van der Waals surface area contributed by atoms with Gasteiger partial charge in [-0.25, -0.2) is 9.97 Å². The van der Waals surface area contributed by atoms with Gasteiger partial charge in [-0.2, -0.15) is 0 Å². The lowest BCUT2D eigenvalue weighted by Crippen LogP contribution is -2.27. The smallest absolute Gasteiger partial charge is 0.353 e. The van der Waals surface area contributed by atoms with Gasteiger partial charge in [-0.3, -0.25) is 10.1 Å². The van der Waals surface area contributed by atoms with E-state index >= 15 is 0 Å². The van der Waals surface area contributed by atoms with Crippen molar-refractivity contribution in [3.8, 4) is 0 Å². The largest absolute Gasteiger partial charge is 0.360 e. The van der Waals surface area contributed by atoms with Crippen LogP contribution in [-0.4, -0.2) is 20.4 Å². The van der Waals surface area contributed by atoms with Crippen LogP contribution in [0.4, 0.5) is 17.3 Å². The first kappa shape index (κ1) is 15.7. The van der Waals surface area contributed by atoms with E-state index in [1.54, 1.807) is 0 Å². The molecule has 1 heterocycles. The molecule has 0 saturated carbocycles. The van der Waals surface area contributed by atoms with Crippen molar-refractivity contribution in [2.45, 2.75) is 32.9 Å². The maximum absolute atomic E-state index is 11.4. The van der Waals surface area contributed by atoms with E-state index in [-0.39, 0.29) is 22.9 Å². The molecule has 2 aromatic rings. The van der Waals surface area contributed by atoms with Crippen molar-refractivity contribution in [1.82, 2.24) is 9.97 Å². The Labute approximate surface area is 129 Å². The van der Waals surface area contributed by atoms with Crippen molar-refractivity contribution >= 4 is 17.3 Å². The highest BCUT2D eigenvalue weighted by Crippen LogP contribution is 2.30. The number of nitrogens with zero attached hydrogens (tertiary/aromatic N) is 3. The fraction of sp³-hybridized carbons (Fsp3) is 0.333. The van der Waals surface area contributed by atoms with Gasteiger partial charge in [0, 0.05) is 12.1 Å². The summed E-state index contributed by atoms with van der Waals surface area (Å²) < 4.78 is 0. The Kier molecular flexibility index (Phi) is 4.55. The summed E-state index contributed by atoms with van der Waals surface area (Å²) >= 11 is 0. The second-order valence-corrected chi connectivity index (χ2v) is 5.89. The average Bonchev–Trinajstić information content (AvgIpc) is 2.44. The molecule has 0 aliphatic rings. The third-order valence-electron chi connectivity index (χ3n) is 2.80. The van der Waals surface area contributed by atoms with Crippen LogP contribution in [0.25, 0.3) is 0 Å². The summed E-state index contributed by atoms with van der Waals surface area (Å²) in [4.78, 5) is 18.9. The summed E-state index contributed by atoms with van der Waals surface area (Å²) in [5, 5.41) is 17.4. The van der Waals surface area contributed by atoms with Crippen LogP contribution in [0.3, 0.4) is 0 Å². The lowest BCUT2D eigenvalue weighted by Gasteiger charge is -2.21. The van der Waals surface area contributed by atoms with E-state index in [2.05, 4.69) is 20.6 Å². The lowest BCUT2D eigenvalue weighted by atomic mass is 10.1. The first-order valence-corrected chi connectivity index (χ1v) is 6.92. The Hall–Kier alpha value is -2.70. The third-order valence-corrected chi connectivity index (χ3v) is 2.80. The maximum atomic E-state index is 11.4. The molecule has 7 heteroatoms. The summed E-state index contributed by atoms with van der Waals surface area (Å²) in [6.07, 6.45) is 1.31. The zero-order valence-corrected chi connectivity index (χ0v) is 12.8. The van der Waals surface area contributed by atoms with Gasteiger partial charge in [0.15, 0.2) is 0 Å². The van der Waals surface area contributed by atoms with E-state index in [1.807, 2.05) is 51.1 Å². The van der Waals surface area contributed by atoms with Crippen LogP contribution in [0.1, 0.15) is 26.3 Å². The van der Waals surface area contributed by atoms with Crippen LogP contribution in [0.5, 0.6) is 0 Å². The minimum Gasteiger partial charge on any atom is -0.360 e. The van der Waals surface area contributed by atoms with Gasteiger partial charge < -0.3 is 10.6 Å². The molecule has 0 aliphatic carbocycles. The van der Waals surface area contributed by atoms with Crippen molar-refractivity contribution in [2.75, 3.05) is 10.6 Å². The summed E-state index contributed by atoms with van der Waals surface area (Å²) in [6.45, 7) is 6.19. The van der Waals surface area contributed by atoms with Crippen molar-refractivity contribution in [1.29, 1.82) is 0 Å². The molecule has 0 radical (unpaired) electrons. The molecule has 0 aliphatic heterocycles. The standard InChI is InChI=1S/C15H19N5O2/c1-15(2,3)19-14-12(20(21)22)13(17-10-18-14)16-9-11-7-5-4-6-8-11/h4-8,10H,9H2,1-3H3,(H2,16,17,18,19). The summed E-state index contributed by atoms with van der Waals surface area (Å²) in [5.41, 5.74) is 0.532. The van der Waals surface area contributed by atoms with Gasteiger partial charge in [-0.15, -0.1) is 0 Å². The minimum atomic E-state index is -0.471. The highest BCUT2D eigenvalue weighted by Gasteiger charge is 2.25. The zero-order valence-electron chi connectivity index (χ0n) is 12.8. The monoisotopic (exact) mass is 301 g/mol. The van der Waals surface area contributed by atoms with Crippen LogP contribution in [0.15, 0.2) is 36.7 Å². The average molecular weight is 301 g/mol. The Morgan fingerprint density at radius 1 is 1.14 bits per heavy atom. The minimum absolute atomic E-state index is 0.145. The predicted octanol–water partition coefficient (Wildman–Crippen LogP) is 3.21. The van der Waals surface area contributed by atoms with E-state index < -0.39 is 4.92 Å². The number of rotatable bonds is 5. The van der Waals surface area contributed by atoms with Crippen LogP contribution < -0.4 is 10.6 Å². The number of benzene rings is 1. The second kappa shape index (κ2) is 6.38. The molecule has 0 fully saturated rings. The number of hydrogen-bond donors (Lipinski definition) is 2. The highest BCUT2D eigenvalue weighted by atomic mass is 16.6. The van der Waals surface area contributed by atoms with Gasteiger partial charge in [-0.05, 0) is 26.3 Å². The fourth-order valence-electron chi connectivity index (χ4n) is 1.91. The van der Waals surface area contributed by atoms with Gasteiger partial charge in [0.25, 0.3) is 0 Å². The molecular formula is C15H19N5O2. The molecule has 0 spiro atoms. The summed E-state index contributed by atoms with van der Waals surface area (Å²) in [5.74, 6) is 0.415. The molecule has 2 rings (SSSR count). The number of anilines is 2. The normalized spacial score (nSPS) is 11.0. The molecular weight excluding hydrogens is 282 g/mol. The molecule has 116 valence electrons. The number of nitro groups is 1. The number of hydrogen-bond acceptors (Lipinski definition) is 6. The highest BCUT2D eigenvalue weighted by molar-refractivity contribution is 5.69. The summed E-state index contributed by atoms with van der Waals surface area (Å²) in [6, 6.07) is 9.63. The van der Waals surface area contributed by atoms with Crippen molar-refractivity contribution in [3.63, 3.8) is 0 Å². The van der Waals surface area contributed by atoms with E-state index in [9.17, 15) is 10.1 Å². The topological polar surface area (TPSA) is 93.0 Å². The fourth-order valence-corrected chi connectivity index (χ4v) is 1.91. The van der Waals surface area contributed by atoms with Crippen molar-refractivity contribution in [3.05, 3.63) is 52.3 Å². The second-order valence-electron chi connectivity index (χ2n) is 5.89. The third kappa shape index (κ3) is 4.15. The van der Waals surface area contributed by atoms with E-state index in [4.69, 9.17) is 0 Å². The lowest BCUT2D eigenvalue weighted by molar-refractivity contribution is -0.383. The van der Waals surface area contributed by atoms with Gasteiger partial charge >= 0.3 is 5.69 Å². The van der Waals surface area contributed by atoms with Gasteiger partial charge in [0.2, 0.25) is 11.6 Å². The maximum Gasteiger partial charge on any atom is 0.353 e. The predicted molar refractivity (Wildman–Crippen MR) is 85.8 cm³/mol. The Morgan fingerprint density at radius 2 is 1.77 bits per heavy atom. The molecule has 0 saturated heterocycles. The molecule has 0 unspecified atom stereocenters. The van der Waals surface area contributed by atoms with Gasteiger partial charge in [-0.1, -0.05) is 30.3 Å². The molecule has 7 nitrogen and oxygen atoms in total. The first-order valence-electron chi connectivity index (χ1n) is 6.92. The van der Waals surface area contributed by atoms with Crippen LogP contribution in [-0.2, 0) is 6.54 Å². The number of aromatic nitrogens is 2. The van der Waals surface area contributed by atoms with E-state index in [0.29, 0.717) is 6.54 Å². The molecule has 2 N–H and O–H groups in total. The molecule has 22 heavy (non-hydrogen) atoms. The van der Waals surface area contributed by atoms with Gasteiger partial charge in [0.05, 0.1) is 4.92 Å². The molecule has 0 amide bonds. The Morgan fingerprint density at radius 3 is 2.36 bits per heavy atom. The van der Waals surface area contributed by atoms with Crippen LogP contribution in [0.2, 0.25) is 0 Å². The van der Waals surface area contributed by atoms with Gasteiger partial charge in [0.1, 0.15) is 6.33 Å². The quantitative estimate of drug-likeness (QED) is 0.650. The van der Waals surface area contributed by atoms with Crippen LogP contribution in [0, 0.1) is 10.1 Å². The SMILES string of the molecule is CC(C)(C)Nc1ncnc(NCc2ccccc2)c1[N+](=O)[O-]. The molecule has 1 aromatic heterocycles. The van der Waals surface area contributed by atoms with Crippen LogP contribution >= 0.6 is 0 Å². The first-order chi connectivity index (χ1) is 10.4. The Bertz CT molecular complexity index is 653. The summed E-state index contributed by atoms with van der Waals surface area (Å²) in [7, 11) is 0. The Balaban J connectivity index is 2.27. The van der Waals surface area contributed by atoms with Crippen molar-refractivity contribution in [2.24, 2.45) is 0 Å². The molecule has 1 aromatic carbocycles. The zero-order chi connectivity index (χ0) is 16.2.